The summed E-state index contributed by atoms with van der Waals surface area (Å²) in [6, 6.07) is 0.630. The summed E-state index contributed by atoms with van der Waals surface area (Å²) in [5.41, 5.74) is 0. The van der Waals surface area contributed by atoms with Crippen LogP contribution in [0.3, 0.4) is 0 Å². The van der Waals surface area contributed by atoms with Crippen molar-refractivity contribution < 1.29 is 4.74 Å². The van der Waals surface area contributed by atoms with Crippen molar-refractivity contribution in [3.05, 3.63) is 5.28 Å². The van der Waals surface area contributed by atoms with Crippen molar-refractivity contribution in [1.82, 2.24) is 15.0 Å². The second kappa shape index (κ2) is 5.04. The predicted octanol–water partition coefficient (Wildman–Crippen LogP) is 2.52. The maximum absolute atomic E-state index is 5.83. The Bertz CT molecular complexity index is 395. The van der Waals surface area contributed by atoms with E-state index in [-0.39, 0.29) is 17.4 Å². The molecule has 0 radical (unpaired) electrons. The van der Waals surface area contributed by atoms with Gasteiger partial charge in [-0.05, 0) is 51.1 Å². The zero-order valence-electron chi connectivity index (χ0n) is 10.3. The summed E-state index contributed by atoms with van der Waals surface area (Å²) >= 11 is 5.83. The van der Waals surface area contributed by atoms with Crippen LogP contribution in [0.4, 0.5) is 5.95 Å². The van der Waals surface area contributed by atoms with Crippen molar-refractivity contribution in [2.24, 2.45) is 5.92 Å². The number of nitrogens with zero attached hydrogens (tertiary/aromatic N) is 3. The second-order valence-electron chi connectivity index (χ2n) is 4.65. The summed E-state index contributed by atoms with van der Waals surface area (Å²) in [5.74, 6) is 1.21. The Morgan fingerprint density at radius 2 is 1.94 bits per heavy atom. The van der Waals surface area contributed by atoms with Crippen LogP contribution in [0.15, 0.2) is 0 Å². The van der Waals surface area contributed by atoms with Gasteiger partial charge in [-0.3, -0.25) is 0 Å². The lowest BCUT2D eigenvalue weighted by Gasteiger charge is -2.13. The van der Waals surface area contributed by atoms with Gasteiger partial charge in [-0.1, -0.05) is 0 Å². The summed E-state index contributed by atoms with van der Waals surface area (Å²) in [4.78, 5) is 12.2. The maximum Gasteiger partial charge on any atom is 0.322 e. The van der Waals surface area contributed by atoms with Gasteiger partial charge >= 0.3 is 6.01 Å². The lowest BCUT2D eigenvalue weighted by atomic mass is 10.2. The Morgan fingerprint density at radius 1 is 1.24 bits per heavy atom. The fourth-order valence-corrected chi connectivity index (χ4v) is 1.73. The Labute approximate surface area is 106 Å². The van der Waals surface area contributed by atoms with Gasteiger partial charge in [-0.25, -0.2) is 0 Å². The lowest BCUT2D eigenvalue weighted by molar-refractivity contribution is 0.222. The number of halogens is 1. The monoisotopic (exact) mass is 256 g/mol. The first-order valence-corrected chi connectivity index (χ1v) is 6.27. The first-order chi connectivity index (χ1) is 8.04. The third-order valence-corrected chi connectivity index (χ3v) is 2.78. The number of aromatic nitrogens is 3. The molecular weight excluding hydrogens is 240 g/mol. The van der Waals surface area contributed by atoms with Gasteiger partial charge in [0.15, 0.2) is 0 Å². The van der Waals surface area contributed by atoms with E-state index in [0.717, 1.165) is 5.92 Å². The van der Waals surface area contributed by atoms with E-state index in [0.29, 0.717) is 12.0 Å². The highest BCUT2D eigenvalue weighted by molar-refractivity contribution is 6.28. The second-order valence-corrected chi connectivity index (χ2v) is 4.99. The van der Waals surface area contributed by atoms with Gasteiger partial charge in [0.25, 0.3) is 0 Å². The van der Waals surface area contributed by atoms with Gasteiger partial charge in [-0.2, -0.15) is 15.0 Å². The normalized spacial score (nSPS) is 17.0. The molecule has 1 fully saturated rings. The third-order valence-electron chi connectivity index (χ3n) is 2.61. The minimum atomic E-state index is 0.0159. The summed E-state index contributed by atoms with van der Waals surface area (Å²) in [5, 5.41) is 3.39. The van der Waals surface area contributed by atoms with Crippen molar-refractivity contribution in [2.45, 2.75) is 45.8 Å². The molecule has 94 valence electrons. The first-order valence-electron chi connectivity index (χ1n) is 5.89. The summed E-state index contributed by atoms with van der Waals surface area (Å²) in [6.07, 6.45) is 2.55. The molecule has 1 aromatic heterocycles. The maximum atomic E-state index is 5.83. The fraction of sp³-hybridized carbons (Fsp3) is 0.727. The van der Waals surface area contributed by atoms with Crippen LogP contribution in [0, 0.1) is 5.92 Å². The van der Waals surface area contributed by atoms with Gasteiger partial charge in [0.1, 0.15) is 0 Å². The van der Waals surface area contributed by atoms with Gasteiger partial charge < -0.3 is 10.1 Å². The fourth-order valence-electron chi connectivity index (χ4n) is 1.58. The molecule has 1 aromatic rings. The zero-order valence-corrected chi connectivity index (χ0v) is 11.0. The minimum absolute atomic E-state index is 0.0159. The average Bonchev–Trinajstić information content (AvgIpc) is 2.97. The summed E-state index contributed by atoms with van der Waals surface area (Å²) < 4.78 is 5.41. The van der Waals surface area contributed by atoms with Gasteiger partial charge in [0.2, 0.25) is 11.2 Å². The SMILES string of the molecule is CC(C)Oc1nc(Cl)nc(NC(C)C2CC2)n1. The molecule has 0 amide bonds. The molecule has 1 atom stereocenters. The molecule has 0 bridgehead atoms. The highest BCUT2D eigenvalue weighted by atomic mass is 35.5. The molecule has 1 N–H and O–H groups in total. The van der Waals surface area contributed by atoms with Crippen molar-refractivity contribution in [2.75, 3.05) is 5.32 Å². The lowest BCUT2D eigenvalue weighted by Crippen LogP contribution is -2.20. The van der Waals surface area contributed by atoms with Gasteiger partial charge in [0.05, 0.1) is 6.10 Å². The number of anilines is 1. The van der Waals surface area contributed by atoms with Crippen molar-refractivity contribution >= 4 is 17.5 Å². The number of hydrogen-bond donors (Lipinski definition) is 1. The largest absolute Gasteiger partial charge is 0.461 e. The Kier molecular flexibility index (Phi) is 3.66. The topological polar surface area (TPSA) is 59.9 Å². The Hall–Kier alpha value is -1.10. The van der Waals surface area contributed by atoms with Crippen LogP contribution in [-0.2, 0) is 0 Å². The molecule has 0 aliphatic heterocycles. The van der Waals surface area contributed by atoms with Crippen molar-refractivity contribution in [3.63, 3.8) is 0 Å². The van der Waals surface area contributed by atoms with E-state index in [1.165, 1.54) is 12.8 Å². The Morgan fingerprint density at radius 3 is 2.53 bits per heavy atom. The smallest absolute Gasteiger partial charge is 0.322 e. The van der Waals surface area contributed by atoms with Gasteiger partial charge in [-0.15, -0.1) is 0 Å². The van der Waals surface area contributed by atoms with Crippen LogP contribution in [0.5, 0.6) is 6.01 Å². The molecule has 0 saturated heterocycles. The quantitative estimate of drug-likeness (QED) is 0.877. The minimum Gasteiger partial charge on any atom is -0.461 e. The van der Waals surface area contributed by atoms with Crippen molar-refractivity contribution in [1.29, 1.82) is 0 Å². The van der Waals surface area contributed by atoms with E-state index < -0.39 is 0 Å². The summed E-state index contributed by atoms with van der Waals surface area (Å²) in [6.45, 7) is 5.95. The molecule has 1 unspecified atom stereocenters. The molecule has 2 rings (SSSR count). The molecule has 5 nitrogen and oxygen atoms in total. The van der Waals surface area contributed by atoms with E-state index in [1.807, 2.05) is 13.8 Å². The molecular formula is C11H17ClN4O. The van der Waals surface area contributed by atoms with Crippen LogP contribution in [0.1, 0.15) is 33.6 Å². The summed E-state index contributed by atoms with van der Waals surface area (Å²) in [7, 11) is 0. The molecule has 1 aliphatic carbocycles. The number of ether oxygens (including phenoxy) is 1. The standard InChI is InChI=1S/C11H17ClN4O/c1-6(2)17-11-15-9(12)14-10(16-11)13-7(3)8-4-5-8/h6-8H,4-5H2,1-3H3,(H,13,14,15,16). The first kappa shape index (κ1) is 12.4. The molecule has 17 heavy (non-hydrogen) atoms. The predicted molar refractivity (Wildman–Crippen MR) is 66.4 cm³/mol. The van der Waals surface area contributed by atoms with Gasteiger partial charge in [0, 0.05) is 6.04 Å². The zero-order chi connectivity index (χ0) is 12.4. The Balaban J connectivity index is 2.07. The molecule has 0 aromatic carbocycles. The van der Waals surface area contributed by atoms with Crippen LogP contribution in [-0.4, -0.2) is 27.1 Å². The molecule has 0 spiro atoms. The number of hydrogen-bond acceptors (Lipinski definition) is 5. The molecule has 1 aliphatic rings. The highest BCUT2D eigenvalue weighted by Gasteiger charge is 2.28. The van der Waals surface area contributed by atoms with E-state index in [9.17, 15) is 0 Å². The van der Waals surface area contributed by atoms with E-state index >= 15 is 0 Å². The van der Waals surface area contributed by atoms with E-state index in [4.69, 9.17) is 16.3 Å². The van der Waals surface area contributed by atoms with Crippen LogP contribution < -0.4 is 10.1 Å². The molecule has 1 heterocycles. The van der Waals surface area contributed by atoms with Crippen molar-refractivity contribution in [3.8, 4) is 6.01 Å². The third kappa shape index (κ3) is 3.70. The van der Waals surface area contributed by atoms with Crippen LogP contribution in [0.25, 0.3) is 0 Å². The molecule has 6 heteroatoms. The number of nitrogens with one attached hydrogen (secondary N) is 1. The van der Waals surface area contributed by atoms with E-state index in [2.05, 4.69) is 27.2 Å². The number of rotatable bonds is 5. The van der Waals surface area contributed by atoms with Crippen LogP contribution >= 0.6 is 11.6 Å². The van der Waals surface area contributed by atoms with Crippen LogP contribution in [0.2, 0.25) is 5.28 Å². The highest BCUT2D eigenvalue weighted by Crippen LogP contribution is 2.33. The molecule has 1 saturated carbocycles. The average molecular weight is 257 g/mol. The van der Waals surface area contributed by atoms with E-state index in [1.54, 1.807) is 0 Å².